The van der Waals surface area contributed by atoms with Crippen molar-refractivity contribution in [3.05, 3.63) is 77.8 Å². The Kier molecular flexibility index (Phi) is 6.07. The average molecular weight is 471 g/mol. The van der Waals surface area contributed by atoms with Gasteiger partial charge in [0.15, 0.2) is 0 Å². The van der Waals surface area contributed by atoms with Gasteiger partial charge in [-0.3, -0.25) is 0 Å². The molecule has 0 radical (unpaired) electrons. The molecule has 32 heavy (non-hydrogen) atoms. The molecule has 0 aliphatic rings. The Balaban J connectivity index is 1.79. The Morgan fingerprint density at radius 1 is 0.844 bits per heavy atom. The first-order chi connectivity index (χ1) is 15.4. The average Bonchev–Trinajstić information content (AvgIpc) is 3.24. The number of hydrogen-bond acceptors (Lipinski definition) is 7. The maximum absolute atomic E-state index is 13.4. The van der Waals surface area contributed by atoms with Gasteiger partial charge in [-0.15, -0.1) is 0 Å². The van der Waals surface area contributed by atoms with Crippen molar-refractivity contribution in [1.82, 2.24) is 4.98 Å². The molecule has 4 aromatic rings. The molecular formula is C23H19ClN2O5S. The number of methoxy groups -OCH3 is 2. The highest BCUT2D eigenvalue weighted by molar-refractivity contribution is 7.91. The third-order valence-corrected chi connectivity index (χ3v) is 6.59. The zero-order chi connectivity index (χ0) is 22.7. The topological polar surface area (TPSA) is 90.7 Å². The minimum Gasteiger partial charge on any atom is -0.497 e. The molecule has 1 aromatic heterocycles. The summed E-state index contributed by atoms with van der Waals surface area (Å²) >= 11 is 5.92. The summed E-state index contributed by atoms with van der Waals surface area (Å²) in [4.78, 5) is 4.37. The Morgan fingerprint density at radius 3 is 1.97 bits per heavy atom. The molecule has 7 nitrogen and oxygen atoms in total. The molecule has 0 amide bonds. The van der Waals surface area contributed by atoms with Gasteiger partial charge in [0.2, 0.25) is 26.6 Å². The summed E-state index contributed by atoms with van der Waals surface area (Å²) in [6.45, 7) is 0. The van der Waals surface area contributed by atoms with Crippen LogP contribution >= 0.6 is 11.6 Å². The van der Waals surface area contributed by atoms with Crippen LogP contribution in [-0.4, -0.2) is 27.6 Å². The highest BCUT2D eigenvalue weighted by atomic mass is 35.5. The molecule has 0 fully saturated rings. The minimum absolute atomic E-state index is 0.00376. The van der Waals surface area contributed by atoms with E-state index < -0.39 is 9.84 Å². The summed E-state index contributed by atoms with van der Waals surface area (Å²) in [5, 5.41) is 3.20. The maximum atomic E-state index is 13.4. The van der Waals surface area contributed by atoms with Crippen molar-refractivity contribution in [1.29, 1.82) is 0 Å². The number of nitrogens with one attached hydrogen (secondary N) is 1. The van der Waals surface area contributed by atoms with Crippen LogP contribution in [0, 0.1) is 0 Å². The van der Waals surface area contributed by atoms with E-state index in [9.17, 15) is 8.42 Å². The van der Waals surface area contributed by atoms with E-state index in [0.29, 0.717) is 27.8 Å². The summed E-state index contributed by atoms with van der Waals surface area (Å²) in [5.41, 5.74) is 1.21. The van der Waals surface area contributed by atoms with E-state index in [-0.39, 0.29) is 21.7 Å². The van der Waals surface area contributed by atoms with Crippen LogP contribution in [-0.2, 0) is 9.84 Å². The Labute approximate surface area is 190 Å². The molecule has 4 rings (SSSR count). The van der Waals surface area contributed by atoms with Crippen LogP contribution < -0.4 is 14.8 Å². The predicted octanol–water partition coefficient (Wildman–Crippen LogP) is 5.59. The van der Waals surface area contributed by atoms with E-state index in [4.69, 9.17) is 25.5 Å². The number of rotatable bonds is 7. The van der Waals surface area contributed by atoms with Crippen molar-refractivity contribution in [2.75, 3.05) is 19.5 Å². The van der Waals surface area contributed by atoms with E-state index >= 15 is 0 Å². The lowest BCUT2D eigenvalue weighted by atomic mass is 10.2. The number of aromatic nitrogens is 1. The SMILES string of the molecule is COc1ccc(Nc2oc(-c3ccc(OC)cc3)nc2S(=O)(=O)c2ccc(Cl)cc2)cc1. The van der Waals surface area contributed by atoms with Crippen molar-refractivity contribution >= 4 is 33.0 Å². The number of halogens is 1. The number of nitrogens with zero attached hydrogens (tertiary/aromatic N) is 1. The maximum Gasteiger partial charge on any atom is 0.238 e. The van der Waals surface area contributed by atoms with Crippen molar-refractivity contribution in [3.8, 4) is 23.0 Å². The molecule has 0 atom stereocenters. The van der Waals surface area contributed by atoms with E-state index in [1.54, 1.807) is 62.8 Å². The second kappa shape index (κ2) is 8.94. The number of anilines is 2. The summed E-state index contributed by atoms with van der Waals surface area (Å²) in [6.07, 6.45) is 0. The molecule has 0 saturated heterocycles. The second-order valence-corrected chi connectivity index (χ2v) is 8.99. The molecule has 0 bridgehead atoms. The summed E-state index contributed by atoms with van der Waals surface area (Å²) in [5.74, 6) is 1.47. The van der Waals surface area contributed by atoms with E-state index in [1.165, 1.54) is 24.3 Å². The van der Waals surface area contributed by atoms with Gasteiger partial charge in [-0.2, -0.15) is 4.98 Å². The highest BCUT2D eigenvalue weighted by Gasteiger charge is 2.29. The first kappa shape index (κ1) is 21.7. The Bertz CT molecular complexity index is 1320. The van der Waals surface area contributed by atoms with Crippen LogP contribution in [0.1, 0.15) is 0 Å². The normalized spacial score (nSPS) is 11.2. The molecule has 0 unspecified atom stereocenters. The van der Waals surface area contributed by atoms with Gasteiger partial charge in [0.05, 0.1) is 19.1 Å². The summed E-state index contributed by atoms with van der Waals surface area (Å²) in [6, 6.07) is 19.8. The zero-order valence-electron chi connectivity index (χ0n) is 17.2. The van der Waals surface area contributed by atoms with Crippen molar-refractivity contribution < 1.29 is 22.3 Å². The van der Waals surface area contributed by atoms with Gasteiger partial charge in [0.25, 0.3) is 0 Å². The van der Waals surface area contributed by atoms with Crippen LogP contribution in [0.15, 0.2) is 87.1 Å². The van der Waals surface area contributed by atoms with Gasteiger partial charge in [-0.1, -0.05) is 11.6 Å². The molecule has 0 aliphatic heterocycles. The Morgan fingerprint density at radius 2 is 1.41 bits per heavy atom. The number of sulfone groups is 1. The fourth-order valence-corrected chi connectivity index (χ4v) is 4.34. The van der Waals surface area contributed by atoms with Crippen LogP contribution in [0.3, 0.4) is 0 Å². The fraction of sp³-hybridized carbons (Fsp3) is 0.0870. The summed E-state index contributed by atoms with van der Waals surface area (Å²) in [7, 11) is -0.865. The minimum atomic E-state index is -3.99. The Hall–Kier alpha value is -3.49. The van der Waals surface area contributed by atoms with Crippen LogP contribution in [0.2, 0.25) is 5.02 Å². The van der Waals surface area contributed by atoms with Gasteiger partial charge in [0.1, 0.15) is 11.5 Å². The van der Waals surface area contributed by atoms with Gasteiger partial charge < -0.3 is 19.2 Å². The largest absolute Gasteiger partial charge is 0.497 e. The molecular weight excluding hydrogens is 452 g/mol. The number of benzene rings is 3. The van der Waals surface area contributed by atoms with E-state index in [0.717, 1.165) is 0 Å². The van der Waals surface area contributed by atoms with Gasteiger partial charge in [-0.25, -0.2) is 8.42 Å². The highest BCUT2D eigenvalue weighted by Crippen LogP contribution is 2.35. The van der Waals surface area contributed by atoms with Crippen LogP contribution in [0.4, 0.5) is 11.6 Å². The zero-order valence-corrected chi connectivity index (χ0v) is 18.8. The molecule has 0 spiro atoms. The van der Waals surface area contributed by atoms with Crippen molar-refractivity contribution in [2.24, 2.45) is 0 Å². The molecule has 3 aromatic carbocycles. The van der Waals surface area contributed by atoms with Gasteiger partial charge in [0, 0.05) is 16.3 Å². The van der Waals surface area contributed by atoms with E-state index in [2.05, 4.69) is 10.3 Å². The molecule has 1 heterocycles. The van der Waals surface area contributed by atoms with Crippen molar-refractivity contribution in [2.45, 2.75) is 9.92 Å². The molecule has 0 aliphatic carbocycles. The molecule has 9 heteroatoms. The number of ether oxygens (including phenoxy) is 2. The van der Waals surface area contributed by atoms with Crippen molar-refractivity contribution in [3.63, 3.8) is 0 Å². The lowest BCUT2D eigenvalue weighted by molar-refractivity contribution is 0.414. The predicted molar refractivity (Wildman–Crippen MR) is 122 cm³/mol. The quantitative estimate of drug-likeness (QED) is 0.376. The standard InChI is InChI=1S/C23H19ClN2O5S/c1-29-18-9-3-15(4-10-18)21-26-23(32(27,28)20-13-5-16(24)6-14-20)22(31-21)25-17-7-11-19(30-2)12-8-17/h3-14,25H,1-2H3. The monoisotopic (exact) mass is 470 g/mol. The third-order valence-electron chi connectivity index (χ3n) is 4.66. The lowest BCUT2D eigenvalue weighted by Crippen LogP contribution is -2.05. The second-order valence-electron chi connectivity index (χ2n) is 6.69. The molecule has 164 valence electrons. The van der Waals surface area contributed by atoms with Gasteiger partial charge >= 0.3 is 0 Å². The van der Waals surface area contributed by atoms with E-state index in [1.807, 2.05) is 0 Å². The number of hydrogen-bond donors (Lipinski definition) is 1. The molecule has 0 saturated carbocycles. The first-order valence-corrected chi connectivity index (χ1v) is 11.3. The number of oxazole rings is 1. The van der Waals surface area contributed by atoms with Gasteiger partial charge in [-0.05, 0) is 72.8 Å². The molecule has 1 N–H and O–H groups in total. The van der Waals surface area contributed by atoms with Crippen LogP contribution in [0.5, 0.6) is 11.5 Å². The lowest BCUT2D eigenvalue weighted by Gasteiger charge is -2.07. The smallest absolute Gasteiger partial charge is 0.238 e. The van der Waals surface area contributed by atoms with Crippen LogP contribution in [0.25, 0.3) is 11.5 Å². The fourth-order valence-electron chi connectivity index (χ4n) is 2.96. The third kappa shape index (κ3) is 4.42. The summed E-state index contributed by atoms with van der Waals surface area (Å²) < 4.78 is 42.9. The first-order valence-electron chi connectivity index (χ1n) is 9.47.